The molecule has 0 unspecified atom stereocenters. The Morgan fingerprint density at radius 3 is 2.55 bits per heavy atom. The van der Waals surface area contributed by atoms with E-state index in [9.17, 15) is 14.7 Å². The lowest BCUT2D eigenvalue weighted by Crippen LogP contribution is -2.36. The van der Waals surface area contributed by atoms with Crippen LogP contribution in [0.25, 0.3) is 0 Å². The number of rotatable bonds is 3. The van der Waals surface area contributed by atoms with Gasteiger partial charge in [-0.3, -0.25) is 9.59 Å². The van der Waals surface area contributed by atoms with Gasteiger partial charge in [0.1, 0.15) is 0 Å². The summed E-state index contributed by atoms with van der Waals surface area (Å²) >= 11 is 0. The molecule has 2 aromatic rings. The second kappa shape index (κ2) is 5.07. The number of carbonyl (C=O) groups excluding carboxylic acids is 2. The fourth-order valence-electron chi connectivity index (χ4n) is 2.93. The number of anilines is 1. The summed E-state index contributed by atoms with van der Waals surface area (Å²) in [6.07, 6.45) is -0.265. The lowest BCUT2D eigenvalue weighted by molar-refractivity contribution is -0.133. The number of fused-ring (bicyclic) bond motifs is 1. The molecule has 1 heterocycles. The third-order valence-corrected chi connectivity index (χ3v) is 4.05. The van der Waals surface area contributed by atoms with E-state index < -0.39 is 11.5 Å². The van der Waals surface area contributed by atoms with E-state index >= 15 is 0 Å². The van der Waals surface area contributed by atoms with Crippen LogP contribution in [0.3, 0.4) is 0 Å². The second-order valence-electron chi connectivity index (χ2n) is 5.78. The Morgan fingerprint density at radius 1 is 1.18 bits per heavy atom. The number of nitrogens with one attached hydrogen (secondary N) is 1. The Labute approximate surface area is 128 Å². The number of aliphatic hydroxyl groups is 1. The van der Waals surface area contributed by atoms with Crippen molar-refractivity contribution in [3.05, 3.63) is 64.7 Å². The largest absolute Gasteiger partial charge is 0.375 e. The molecule has 4 nitrogen and oxygen atoms in total. The monoisotopic (exact) mass is 295 g/mol. The highest BCUT2D eigenvalue weighted by Gasteiger charge is 2.47. The average molecular weight is 295 g/mol. The number of amides is 1. The quantitative estimate of drug-likeness (QED) is 0.856. The number of benzene rings is 2. The minimum absolute atomic E-state index is 0.259. The fraction of sp³-hybridized carbons (Fsp3) is 0.222. The maximum absolute atomic E-state index is 12.4. The van der Waals surface area contributed by atoms with Crippen molar-refractivity contribution >= 4 is 17.4 Å². The highest BCUT2D eigenvalue weighted by molar-refractivity contribution is 6.09. The smallest absolute Gasteiger partial charge is 0.261 e. The molecule has 1 aliphatic rings. The molecular weight excluding hydrogens is 278 g/mol. The Kier molecular flexibility index (Phi) is 3.34. The molecule has 1 atom stereocenters. The van der Waals surface area contributed by atoms with E-state index in [1.165, 1.54) is 0 Å². The Bertz CT molecular complexity index is 767. The van der Waals surface area contributed by atoms with Gasteiger partial charge in [0.05, 0.1) is 12.1 Å². The van der Waals surface area contributed by atoms with Crippen molar-refractivity contribution in [3.63, 3.8) is 0 Å². The third-order valence-electron chi connectivity index (χ3n) is 4.05. The van der Waals surface area contributed by atoms with Gasteiger partial charge in [-0.15, -0.1) is 0 Å². The predicted octanol–water partition coefficient (Wildman–Crippen LogP) is 2.72. The van der Waals surface area contributed by atoms with Crippen LogP contribution in [-0.4, -0.2) is 16.8 Å². The van der Waals surface area contributed by atoms with Gasteiger partial charge in [-0.25, -0.2) is 0 Å². The summed E-state index contributed by atoms with van der Waals surface area (Å²) in [5, 5.41) is 13.6. The van der Waals surface area contributed by atoms with Crippen LogP contribution in [0, 0.1) is 13.8 Å². The van der Waals surface area contributed by atoms with Gasteiger partial charge in [0.15, 0.2) is 11.4 Å². The molecule has 0 radical (unpaired) electrons. The molecule has 4 heteroatoms. The second-order valence-corrected chi connectivity index (χ2v) is 5.78. The first-order chi connectivity index (χ1) is 10.4. The maximum Gasteiger partial charge on any atom is 0.261 e. The first-order valence-electron chi connectivity index (χ1n) is 7.15. The van der Waals surface area contributed by atoms with E-state index in [0.29, 0.717) is 16.8 Å². The van der Waals surface area contributed by atoms with Crippen LogP contribution in [0.5, 0.6) is 0 Å². The first-order valence-corrected chi connectivity index (χ1v) is 7.15. The summed E-state index contributed by atoms with van der Waals surface area (Å²) in [7, 11) is 0. The summed E-state index contributed by atoms with van der Waals surface area (Å²) in [4.78, 5) is 24.7. The number of ketones is 1. The van der Waals surface area contributed by atoms with Crippen molar-refractivity contribution in [2.24, 2.45) is 0 Å². The van der Waals surface area contributed by atoms with Gasteiger partial charge >= 0.3 is 0 Å². The van der Waals surface area contributed by atoms with Crippen molar-refractivity contribution in [2.75, 3.05) is 5.32 Å². The molecule has 1 amide bonds. The number of hydrogen-bond donors (Lipinski definition) is 2. The van der Waals surface area contributed by atoms with Gasteiger partial charge in [-0.1, -0.05) is 48.0 Å². The normalized spacial score (nSPS) is 19.7. The van der Waals surface area contributed by atoms with Gasteiger partial charge in [-0.05, 0) is 19.4 Å². The van der Waals surface area contributed by atoms with Crippen molar-refractivity contribution in [1.29, 1.82) is 0 Å². The molecule has 0 fully saturated rings. The van der Waals surface area contributed by atoms with Crippen molar-refractivity contribution in [1.82, 2.24) is 0 Å². The predicted molar refractivity (Wildman–Crippen MR) is 83.8 cm³/mol. The molecule has 0 saturated carbocycles. The summed E-state index contributed by atoms with van der Waals surface area (Å²) in [5.74, 6) is -0.800. The molecule has 112 valence electrons. The molecule has 22 heavy (non-hydrogen) atoms. The fourth-order valence-corrected chi connectivity index (χ4v) is 2.93. The lowest BCUT2D eigenvalue weighted by atomic mass is 9.86. The zero-order valence-electron chi connectivity index (χ0n) is 12.5. The zero-order chi connectivity index (χ0) is 15.9. The highest BCUT2D eigenvalue weighted by Crippen LogP contribution is 2.41. The van der Waals surface area contributed by atoms with Crippen LogP contribution in [0.15, 0.2) is 42.5 Å². The standard InChI is InChI=1S/C18H17NO3/c1-11-8-12(2)16-14(9-11)18(22,17(21)19-16)10-15(20)13-6-4-3-5-7-13/h3-9,22H,10H2,1-2H3,(H,19,21)/t18-/m1/s1. The maximum atomic E-state index is 12.4. The minimum atomic E-state index is -1.81. The minimum Gasteiger partial charge on any atom is -0.375 e. The summed E-state index contributed by atoms with van der Waals surface area (Å²) < 4.78 is 0. The van der Waals surface area contributed by atoms with E-state index in [0.717, 1.165) is 11.1 Å². The molecule has 2 aromatic carbocycles. The van der Waals surface area contributed by atoms with Gasteiger partial charge in [-0.2, -0.15) is 0 Å². The number of aryl methyl sites for hydroxylation is 2. The van der Waals surface area contributed by atoms with Crippen LogP contribution in [-0.2, 0) is 10.4 Å². The summed E-state index contributed by atoms with van der Waals surface area (Å²) in [6.45, 7) is 3.77. The SMILES string of the molecule is Cc1cc(C)c2c(c1)[C@](O)(CC(=O)c1ccccc1)C(=O)N2. The van der Waals surface area contributed by atoms with E-state index in [2.05, 4.69) is 5.32 Å². The summed E-state index contributed by atoms with van der Waals surface area (Å²) in [6, 6.07) is 12.4. The Balaban J connectivity index is 2.01. The van der Waals surface area contributed by atoms with E-state index in [1.807, 2.05) is 26.0 Å². The van der Waals surface area contributed by atoms with Crippen molar-refractivity contribution < 1.29 is 14.7 Å². The molecule has 2 N–H and O–H groups in total. The van der Waals surface area contributed by atoms with Crippen molar-refractivity contribution in [3.8, 4) is 0 Å². The number of carbonyl (C=O) groups is 2. The number of hydrogen-bond acceptors (Lipinski definition) is 3. The molecule has 0 saturated heterocycles. The van der Waals surface area contributed by atoms with Crippen LogP contribution in [0.1, 0.15) is 33.5 Å². The van der Waals surface area contributed by atoms with Crippen LogP contribution in [0.2, 0.25) is 0 Å². The van der Waals surface area contributed by atoms with E-state index in [4.69, 9.17) is 0 Å². The number of Topliss-reactive ketones (excluding diaryl/α,β-unsaturated/α-hetero) is 1. The Hall–Kier alpha value is -2.46. The van der Waals surface area contributed by atoms with Gasteiger partial charge in [0, 0.05) is 11.1 Å². The van der Waals surface area contributed by atoms with E-state index in [-0.39, 0.29) is 12.2 Å². The molecule has 0 spiro atoms. The van der Waals surface area contributed by atoms with Gasteiger partial charge in [0.2, 0.25) is 0 Å². The first kappa shape index (κ1) is 14.5. The molecule has 0 aliphatic carbocycles. The molecule has 1 aliphatic heterocycles. The molecule has 0 bridgehead atoms. The Morgan fingerprint density at radius 2 is 1.86 bits per heavy atom. The van der Waals surface area contributed by atoms with E-state index in [1.54, 1.807) is 30.3 Å². The average Bonchev–Trinajstić information content (AvgIpc) is 2.73. The lowest BCUT2D eigenvalue weighted by Gasteiger charge is -2.20. The third kappa shape index (κ3) is 2.22. The zero-order valence-corrected chi connectivity index (χ0v) is 12.5. The van der Waals surface area contributed by atoms with Gasteiger partial charge in [0.25, 0.3) is 5.91 Å². The molecule has 3 rings (SSSR count). The van der Waals surface area contributed by atoms with Crippen LogP contribution in [0.4, 0.5) is 5.69 Å². The van der Waals surface area contributed by atoms with Crippen LogP contribution >= 0.6 is 0 Å². The van der Waals surface area contributed by atoms with Crippen molar-refractivity contribution in [2.45, 2.75) is 25.9 Å². The highest BCUT2D eigenvalue weighted by atomic mass is 16.3. The van der Waals surface area contributed by atoms with Crippen LogP contribution < -0.4 is 5.32 Å². The topological polar surface area (TPSA) is 66.4 Å². The molecule has 0 aromatic heterocycles. The van der Waals surface area contributed by atoms with Gasteiger partial charge < -0.3 is 10.4 Å². The molecular formula is C18H17NO3. The summed E-state index contributed by atoms with van der Waals surface area (Å²) in [5.41, 5.74) is 1.60.